The average Bonchev–Trinajstić information content (AvgIpc) is 2.96. The third kappa shape index (κ3) is 8.01. The predicted octanol–water partition coefficient (Wildman–Crippen LogP) is 5.57. The summed E-state index contributed by atoms with van der Waals surface area (Å²) < 4.78 is 34.4. The quantitative estimate of drug-likeness (QED) is 0.277. The molecule has 220 valence electrons. The molecule has 8 nitrogen and oxygen atoms in total. The van der Waals surface area contributed by atoms with E-state index in [1.54, 1.807) is 60.7 Å². The molecular weight excluding hydrogens is 562 g/mol. The summed E-state index contributed by atoms with van der Waals surface area (Å²) in [5.41, 5.74) is 1.80. The standard InChI is InChI=1S/C31H38ClN3O5S/c1-6-23(4)33-31(37)29(7-2)34(20-24-11-8-9-14-28(24)32)30(36)21-35(25-12-10-13-26(19-25)40-5)41(38,39)27-17-15-22(3)16-18-27/h8-19,23,29H,6-7,20-21H2,1-5H3,(H,33,37)/t23-,29-/m1/s1. The van der Waals surface area contributed by atoms with Crippen molar-refractivity contribution < 1.29 is 22.7 Å². The highest BCUT2D eigenvalue weighted by Gasteiger charge is 2.34. The summed E-state index contributed by atoms with van der Waals surface area (Å²) in [7, 11) is -2.70. The number of hydrogen-bond donors (Lipinski definition) is 1. The lowest BCUT2D eigenvalue weighted by Crippen LogP contribution is -2.53. The summed E-state index contributed by atoms with van der Waals surface area (Å²) in [4.78, 5) is 29.0. The van der Waals surface area contributed by atoms with Crippen LogP contribution in [0.3, 0.4) is 0 Å². The van der Waals surface area contributed by atoms with E-state index in [4.69, 9.17) is 16.3 Å². The Kier molecular flexibility index (Phi) is 11.2. The summed E-state index contributed by atoms with van der Waals surface area (Å²) in [5, 5.41) is 3.41. The Morgan fingerprint density at radius 2 is 1.66 bits per heavy atom. The first-order chi connectivity index (χ1) is 19.5. The van der Waals surface area contributed by atoms with Crippen LogP contribution in [0.4, 0.5) is 5.69 Å². The minimum atomic E-state index is -4.18. The Balaban J connectivity index is 2.09. The monoisotopic (exact) mass is 599 g/mol. The van der Waals surface area contributed by atoms with E-state index in [2.05, 4.69) is 5.32 Å². The number of anilines is 1. The molecular formula is C31H38ClN3O5S. The van der Waals surface area contributed by atoms with Crippen molar-refractivity contribution in [1.82, 2.24) is 10.2 Å². The topological polar surface area (TPSA) is 96.0 Å². The van der Waals surface area contributed by atoms with Crippen LogP contribution in [0, 0.1) is 6.92 Å². The number of sulfonamides is 1. The molecule has 10 heteroatoms. The normalized spacial score (nSPS) is 12.7. The van der Waals surface area contributed by atoms with Crippen molar-refractivity contribution in [1.29, 1.82) is 0 Å². The van der Waals surface area contributed by atoms with Gasteiger partial charge in [-0.2, -0.15) is 0 Å². The fourth-order valence-corrected chi connectivity index (χ4v) is 5.90. The highest BCUT2D eigenvalue weighted by Crippen LogP contribution is 2.28. The number of nitrogens with one attached hydrogen (secondary N) is 1. The van der Waals surface area contributed by atoms with Crippen molar-refractivity contribution in [3.63, 3.8) is 0 Å². The van der Waals surface area contributed by atoms with Gasteiger partial charge in [0.25, 0.3) is 10.0 Å². The van der Waals surface area contributed by atoms with Crippen LogP contribution in [0.5, 0.6) is 5.75 Å². The van der Waals surface area contributed by atoms with Gasteiger partial charge in [0.1, 0.15) is 18.3 Å². The molecule has 0 aliphatic rings. The van der Waals surface area contributed by atoms with E-state index in [0.29, 0.717) is 22.8 Å². The summed E-state index contributed by atoms with van der Waals surface area (Å²) >= 11 is 6.45. The highest BCUT2D eigenvalue weighted by molar-refractivity contribution is 7.92. The van der Waals surface area contributed by atoms with Crippen LogP contribution < -0.4 is 14.4 Å². The van der Waals surface area contributed by atoms with Crippen LogP contribution in [0.25, 0.3) is 0 Å². The average molecular weight is 600 g/mol. The van der Waals surface area contributed by atoms with E-state index in [1.807, 2.05) is 27.7 Å². The number of hydrogen-bond acceptors (Lipinski definition) is 5. The number of rotatable bonds is 13. The van der Waals surface area contributed by atoms with Crippen molar-refractivity contribution in [2.24, 2.45) is 0 Å². The fourth-order valence-electron chi connectivity index (χ4n) is 4.30. The first-order valence-electron chi connectivity index (χ1n) is 13.6. The lowest BCUT2D eigenvalue weighted by atomic mass is 10.1. The van der Waals surface area contributed by atoms with Crippen molar-refractivity contribution in [2.45, 2.75) is 64.1 Å². The Labute approximate surface area is 248 Å². The number of nitrogens with zero attached hydrogens (tertiary/aromatic N) is 2. The van der Waals surface area contributed by atoms with Gasteiger partial charge in [-0.3, -0.25) is 13.9 Å². The third-order valence-corrected chi connectivity index (χ3v) is 9.07. The largest absolute Gasteiger partial charge is 0.497 e. The molecule has 1 N–H and O–H groups in total. The van der Waals surface area contributed by atoms with Crippen LogP contribution in [0.15, 0.2) is 77.7 Å². The molecule has 2 amide bonds. The maximum absolute atomic E-state index is 14.2. The van der Waals surface area contributed by atoms with Gasteiger partial charge >= 0.3 is 0 Å². The minimum absolute atomic E-state index is 0.0292. The Hall–Kier alpha value is -3.56. The molecule has 41 heavy (non-hydrogen) atoms. The maximum Gasteiger partial charge on any atom is 0.264 e. The van der Waals surface area contributed by atoms with E-state index in [0.717, 1.165) is 16.3 Å². The summed E-state index contributed by atoms with van der Waals surface area (Å²) in [6.07, 6.45) is 1.04. The van der Waals surface area contributed by atoms with Crippen molar-refractivity contribution >= 4 is 39.1 Å². The summed E-state index contributed by atoms with van der Waals surface area (Å²) in [6.45, 7) is 7.02. The van der Waals surface area contributed by atoms with E-state index >= 15 is 0 Å². The lowest BCUT2D eigenvalue weighted by Gasteiger charge is -2.34. The number of halogens is 1. The SMILES string of the molecule is CC[C@@H](C)NC(=O)[C@@H](CC)N(Cc1ccccc1Cl)C(=O)CN(c1cccc(OC)c1)S(=O)(=O)c1ccc(C)cc1. The number of carbonyl (C=O) groups is 2. The summed E-state index contributed by atoms with van der Waals surface area (Å²) in [6, 6.07) is 19.1. The zero-order valence-corrected chi connectivity index (χ0v) is 25.7. The third-order valence-electron chi connectivity index (χ3n) is 6.91. The predicted molar refractivity (Wildman–Crippen MR) is 163 cm³/mol. The number of methoxy groups -OCH3 is 1. The molecule has 2 atom stereocenters. The molecule has 0 radical (unpaired) electrons. The van der Waals surface area contributed by atoms with Gasteiger partial charge in [0.15, 0.2) is 0 Å². The zero-order chi connectivity index (χ0) is 30.2. The van der Waals surface area contributed by atoms with Gasteiger partial charge < -0.3 is 15.0 Å². The molecule has 0 unspecified atom stereocenters. The van der Waals surface area contributed by atoms with Gasteiger partial charge in [0.05, 0.1) is 17.7 Å². The van der Waals surface area contributed by atoms with E-state index in [-0.39, 0.29) is 29.1 Å². The maximum atomic E-state index is 14.2. The highest BCUT2D eigenvalue weighted by atomic mass is 35.5. The van der Waals surface area contributed by atoms with Crippen LogP contribution in [-0.4, -0.2) is 50.9 Å². The number of aryl methyl sites for hydroxylation is 1. The van der Waals surface area contributed by atoms with Gasteiger partial charge in [0.2, 0.25) is 11.8 Å². The Morgan fingerprint density at radius 3 is 2.27 bits per heavy atom. The van der Waals surface area contributed by atoms with Crippen LogP contribution in [0.1, 0.15) is 44.7 Å². The number of amides is 2. The van der Waals surface area contributed by atoms with E-state index < -0.39 is 28.5 Å². The molecule has 0 aromatic heterocycles. The van der Waals surface area contributed by atoms with Crippen molar-refractivity contribution in [3.05, 3.63) is 88.9 Å². The lowest BCUT2D eigenvalue weighted by molar-refractivity contribution is -0.140. The van der Waals surface area contributed by atoms with E-state index in [9.17, 15) is 18.0 Å². The van der Waals surface area contributed by atoms with Gasteiger partial charge in [-0.15, -0.1) is 0 Å². The van der Waals surface area contributed by atoms with Gasteiger partial charge in [0, 0.05) is 23.7 Å². The number of benzene rings is 3. The Morgan fingerprint density at radius 1 is 0.976 bits per heavy atom. The van der Waals surface area contributed by atoms with Gasteiger partial charge in [-0.25, -0.2) is 8.42 Å². The molecule has 0 bridgehead atoms. The first kappa shape index (κ1) is 32.0. The number of ether oxygens (including phenoxy) is 1. The molecule has 0 heterocycles. The van der Waals surface area contributed by atoms with Crippen molar-refractivity contribution in [2.75, 3.05) is 18.0 Å². The first-order valence-corrected chi connectivity index (χ1v) is 15.4. The molecule has 0 aliphatic heterocycles. The smallest absolute Gasteiger partial charge is 0.264 e. The van der Waals surface area contributed by atoms with Crippen LogP contribution >= 0.6 is 11.6 Å². The molecule has 3 aromatic carbocycles. The molecule has 0 spiro atoms. The molecule has 0 saturated heterocycles. The fraction of sp³-hybridized carbons (Fsp3) is 0.355. The summed E-state index contributed by atoms with van der Waals surface area (Å²) in [5.74, 6) is -0.419. The second-order valence-corrected chi connectivity index (χ2v) is 12.2. The molecule has 0 saturated carbocycles. The van der Waals surface area contributed by atoms with Crippen molar-refractivity contribution in [3.8, 4) is 5.75 Å². The molecule has 3 rings (SSSR count). The second kappa shape index (κ2) is 14.4. The van der Waals surface area contributed by atoms with Crippen LogP contribution in [0.2, 0.25) is 5.02 Å². The van der Waals surface area contributed by atoms with Gasteiger partial charge in [-0.1, -0.05) is 67.4 Å². The Bertz CT molecular complexity index is 1450. The van der Waals surface area contributed by atoms with E-state index in [1.165, 1.54) is 24.1 Å². The van der Waals surface area contributed by atoms with Gasteiger partial charge in [-0.05, 0) is 62.6 Å². The zero-order valence-electron chi connectivity index (χ0n) is 24.1. The number of carbonyl (C=O) groups excluding carboxylic acids is 2. The molecule has 0 aliphatic carbocycles. The van der Waals surface area contributed by atoms with Crippen LogP contribution in [-0.2, 0) is 26.2 Å². The molecule has 0 fully saturated rings. The minimum Gasteiger partial charge on any atom is -0.497 e. The second-order valence-electron chi connectivity index (χ2n) is 9.88. The molecule has 3 aromatic rings.